The van der Waals surface area contributed by atoms with Crippen molar-refractivity contribution in [1.29, 1.82) is 0 Å². The van der Waals surface area contributed by atoms with Gasteiger partial charge in [-0.2, -0.15) is 0 Å². The highest BCUT2D eigenvalue weighted by atomic mass is 16.5. The van der Waals surface area contributed by atoms with Crippen LogP contribution in [0.3, 0.4) is 0 Å². The summed E-state index contributed by atoms with van der Waals surface area (Å²) in [5.74, 6) is -0.280. The quantitative estimate of drug-likeness (QED) is 0.764. The van der Waals surface area contributed by atoms with Crippen molar-refractivity contribution in [3.8, 4) is 0 Å². The molecular weight excluding hydrogens is 242 g/mol. The van der Waals surface area contributed by atoms with Crippen LogP contribution in [0.2, 0.25) is 0 Å². The summed E-state index contributed by atoms with van der Waals surface area (Å²) < 4.78 is 4.69. The van der Waals surface area contributed by atoms with Crippen LogP contribution in [0.5, 0.6) is 0 Å². The van der Waals surface area contributed by atoms with Crippen LogP contribution in [0.4, 0.5) is 0 Å². The van der Waals surface area contributed by atoms with Gasteiger partial charge in [0.1, 0.15) is 0 Å². The minimum atomic E-state index is -0.982. The lowest BCUT2D eigenvalue weighted by Crippen LogP contribution is -2.42. The normalized spacial score (nSPS) is 14.2. The Kier molecular flexibility index (Phi) is 5.99. The molecular formula is C15H23NO3. The zero-order chi connectivity index (χ0) is 14.3. The van der Waals surface area contributed by atoms with E-state index in [1.165, 1.54) is 7.11 Å². The third-order valence-electron chi connectivity index (χ3n) is 3.05. The molecule has 0 spiro atoms. The predicted molar refractivity (Wildman–Crippen MR) is 74.8 cm³/mol. The summed E-state index contributed by atoms with van der Waals surface area (Å²) in [4.78, 5) is 13.3. The van der Waals surface area contributed by atoms with Gasteiger partial charge in [-0.25, -0.2) is 0 Å². The average Bonchev–Trinajstić information content (AvgIpc) is 2.39. The average molecular weight is 265 g/mol. The Morgan fingerprint density at radius 1 is 1.37 bits per heavy atom. The van der Waals surface area contributed by atoms with Gasteiger partial charge in [0.25, 0.3) is 0 Å². The van der Waals surface area contributed by atoms with E-state index in [-0.39, 0.29) is 12.5 Å². The van der Waals surface area contributed by atoms with Gasteiger partial charge in [-0.3, -0.25) is 9.69 Å². The van der Waals surface area contributed by atoms with Gasteiger partial charge >= 0.3 is 5.97 Å². The standard InChI is InChI=1S/C15H23NO3/c1-4-10-16(11-14(17)19-3)12-15(2,18)13-8-6-5-7-9-13/h5-9,18H,4,10-12H2,1-3H3. The van der Waals surface area contributed by atoms with Crippen molar-refractivity contribution in [3.05, 3.63) is 35.9 Å². The van der Waals surface area contributed by atoms with E-state index in [9.17, 15) is 9.90 Å². The highest BCUT2D eigenvalue weighted by Gasteiger charge is 2.26. The molecule has 1 aromatic rings. The lowest BCUT2D eigenvalue weighted by Gasteiger charge is -2.31. The molecule has 0 aromatic heterocycles. The van der Waals surface area contributed by atoms with E-state index in [1.807, 2.05) is 42.2 Å². The molecule has 4 nitrogen and oxygen atoms in total. The first-order valence-corrected chi connectivity index (χ1v) is 6.56. The monoisotopic (exact) mass is 265 g/mol. The summed E-state index contributed by atoms with van der Waals surface area (Å²) in [5.41, 5.74) is -0.134. The van der Waals surface area contributed by atoms with Crippen molar-refractivity contribution < 1.29 is 14.6 Å². The predicted octanol–water partition coefficient (Wildman–Crippen LogP) is 1.78. The topological polar surface area (TPSA) is 49.8 Å². The van der Waals surface area contributed by atoms with Gasteiger partial charge in [-0.15, -0.1) is 0 Å². The van der Waals surface area contributed by atoms with Crippen LogP contribution in [0.15, 0.2) is 30.3 Å². The van der Waals surface area contributed by atoms with Crippen LogP contribution in [0.1, 0.15) is 25.8 Å². The third-order valence-corrected chi connectivity index (χ3v) is 3.05. The minimum absolute atomic E-state index is 0.202. The first-order chi connectivity index (χ1) is 8.99. The molecule has 0 aliphatic rings. The number of nitrogens with zero attached hydrogens (tertiary/aromatic N) is 1. The Labute approximate surface area is 115 Å². The largest absolute Gasteiger partial charge is 0.468 e. The Morgan fingerprint density at radius 2 is 2.00 bits per heavy atom. The lowest BCUT2D eigenvalue weighted by molar-refractivity contribution is -0.142. The maximum atomic E-state index is 11.4. The summed E-state index contributed by atoms with van der Waals surface area (Å²) in [7, 11) is 1.38. The van der Waals surface area contributed by atoms with Crippen molar-refractivity contribution in [1.82, 2.24) is 4.90 Å². The molecule has 1 rings (SSSR count). The number of rotatable bonds is 7. The SMILES string of the molecule is CCCN(CC(=O)OC)CC(C)(O)c1ccccc1. The summed E-state index contributed by atoms with van der Waals surface area (Å²) in [6, 6.07) is 9.49. The number of hydrogen-bond donors (Lipinski definition) is 1. The molecule has 0 bridgehead atoms. The van der Waals surface area contributed by atoms with Crippen LogP contribution < -0.4 is 0 Å². The Balaban J connectivity index is 2.74. The second-order valence-corrected chi connectivity index (χ2v) is 4.93. The molecule has 0 saturated heterocycles. The van der Waals surface area contributed by atoms with Gasteiger partial charge in [0.2, 0.25) is 0 Å². The van der Waals surface area contributed by atoms with E-state index in [0.29, 0.717) is 6.54 Å². The Bertz CT molecular complexity index is 390. The van der Waals surface area contributed by atoms with Crippen LogP contribution in [-0.4, -0.2) is 42.7 Å². The molecule has 0 aliphatic heterocycles. The maximum Gasteiger partial charge on any atom is 0.319 e. The zero-order valence-corrected chi connectivity index (χ0v) is 11.9. The fourth-order valence-corrected chi connectivity index (χ4v) is 2.10. The van der Waals surface area contributed by atoms with Crippen molar-refractivity contribution in [2.75, 3.05) is 26.7 Å². The number of esters is 1. The zero-order valence-electron chi connectivity index (χ0n) is 11.9. The van der Waals surface area contributed by atoms with Crippen LogP contribution in [0, 0.1) is 0 Å². The van der Waals surface area contributed by atoms with Crippen LogP contribution >= 0.6 is 0 Å². The molecule has 0 amide bonds. The van der Waals surface area contributed by atoms with E-state index in [2.05, 4.69) is 4.74 Å². The van der Waals surface area contributed by atoms with E-state index in [1.54, 1.807) is 6.92 Å². The fourth-order valence-electron chi connectivity index (χ4n) is 2.10. The number of benzene rings is 1. The van der Waals surface area contributed by atoms with Gasteiger partial charge in [-0.1, -0.05) is 37.3 Å². The summed E-state index contributed by atoms with van der Waals surface area (Å²) in [6.07, 6.45) is 0.919. The first-order valence-electron chi connectivity index (χ1n) is 6.56. The highest BCUT2D eigenvalue weighted by molar-refractivity contribution is 5.71. The van der Waals surface area contributed by atoms with Gasteiger partial charge in [0, 0.05) is 6.54 Å². The van der Waals surface area contributed by atoms with Gasteiger partial charge in [0.05, 0.1) is 19.3 Å². The summed E-state index contributed by atoms with van der Waals surface area (Å²) in [5, 5.41) is 10.6. The van der Waals surface area contributed by atoms with E-state index in [0.717, 1.165) is 18.5 Å². The second kappa shape index (κ2) is 7.26. The summed E-state index contributed by atoms with van der Waals surface area (Å²) in [6.45, 7) is 5.16. The second-order valence-electron chi connectivity index (χ2n) is 4.93. The van der Waals surface area contributed by atoms with E-state index in [4.69, 9.17) is 0 Å². The van der Waals surface area contributed by atoms with Gasteiger partial charge in [-0.05, 0) is 25.5 Å². The van der Waals surface area contributed by atoms with E-state index >= 15 is 0 Å². The van der Waals surface area contributed by atoms with Crippen molar-refractivity contribution in [3.63, 3.8) is 0 Å². The Morgan fingerprint density at radius 3 is 2.53 bits per heavy atom. The van der Waals surface area contributed by atoms with Crippen molar-refractivity contribution in [2.45, 2.75) is 25.9 Å². The molecule has 106 valence electrons. The number of ether oxygens (including phenoxy) is 1. The van der Waals surface area contributed by atoms with Gasteiger partial charge < -0.3 is 9.84 Å². The lowest BCUT2D eigenvalue weighted by atomic mass is 9.95. The molecule has 1 atom stereocenters. The van der Waals surface area contributed by atoms with Gasteiger partial charge in [0.15, 0.2) is 0 Å². The Hall–Kier alpha value is -1.39. The minimum Gasteiger partial charge on any atom is -0.468 e. The molecule has 0 aliphatic carbocycles. The number of aliphatic hydroxyl groups is 1. The maximum absolute atomic E-state index is 11.4. The number of hydrogen-bond acceptors (Lipinski definition) is 4. The molecule has 4 heteroatoms. The molecule has 1 N–H and O–H groups in total. The van der Waals surface area contributed by atoms with Crippen LogP contribution in [-0.2, 0) is 15.1 Å². The smallest absolute Gasteiger partial charge is 0.319 e. The van der Waals surface area contributed by atoms with Crippen molar-refractivity contribution >= 4 is 5.97 Å². The number of methoxy groups -OCH3 is 1. The first kappa shape index (κ1) is 15.7. The van der Waals surface area contributed by atoms with E-state index < -0.39 is 5.60 Å². The molecule has 0 heterocycles. The number of carbonyl (C=O) groups is 1. The fraction of sp³-hybridized carbons (Fsp3) is 0.533. The summed E-state index contributed by atoms with van der Waals surface area (Å²) >= 11 is 0. The molecule has 0 saturated carbocycles. The molecule has 0 radical (unpaired) electrons. The molecule has 1 aromatic carbocycles. The number of carbonyl (C=O) groups excluding carboxylic acids is 1. The van der Waals surface area contributed by atoms with Crippen molar-refractivity contribution in [2.24, 2.45) is 0 Å². The molecule has 0 fully saturated rings. The molecule has 1 unspecified atom stereocenters. The highest BCUT2D eigenvalue weighted by Crippen LogP contribution is 2.21. The third kappa shape index (κ3) is 5.01. The van der Waals surface area contributed by atoms with Crippen LogP contribution in [0.25, 0.3) is 0 Å². The molecule has 19 heavy (non-hydrogen) atoms.